The van der Waals surface area contributed by atoms with Crippen LogP contribution in [0.4, 0.5) is 4.79 Å². The molecule has 0 atom stereocenters. The normalized spacial score (nSPS) is 15.1. The number of hydrogen-bond acceptors (Lipinski definition) is 6. The highest BCUT2D eigenvalue weighted by Gasteiger charge is 2.20. The van der Waals surface area contributed by atoms with E-state index in [4.69, 9.17) is 4.52 Å². The molecule has 0 bridgehead atoms. The monoisotopic (exact) mass is 448 g/mol. The Morgan fingerprint density at radius 1 is 1.10 bits per heavy atom. The van der Waals surface area contributed by atoms with Crippen molar-refractivity contribution >= 4 is 22.0 Å². The molecule has 1 saturated carbocycles. The van der Waals surface area contributed by atoms with E-state index in [1.807, 2.05) is 0 Å². The maximum atomic E-state index is 12.5. The van der Waals surface area contributed by atoms with Crippen molar-refractivity contribution < 1.29 is 22.5 Å². The predicted octanol–water partition coefficient (Wildman–Crippen LogP) is 2.67. The maximum Gasteiger partial charge on any atom is 0.328 e. The van der Waals surface area contributed by atoms with E-state index in [2.05, 4.69) is 20.5 Å². The van der Waals surface area contributed by atoms with E-state index in [0.29, 0.717) is 18.7 Å². The lowest BCUT2D eigenvalue weighted by molar-refractivity contribution is 0.0945. The molecule has 1 heterocycles. The summed E-state index contributed by atoms with van der Waals surface area (Å²) < 4.78 is 31.9. The topological polar surface area (TPSA) is 130 Å². The fraction of sp³-hybridized carbons (Fsp3) is 0.476. The van der Waals surface area contributed by atoms with E-state index < -0.39 is 16.1 Å². The number of rotatable bonds is 7. The molecule has 1 aromatic heterocycles. The summed E-state index contributed by atoms with van der Waals surface area (Å²) in [4.78, 5) is 24.1. The van der Waals surface area contributed by atoms with Gasteiger partial charge in [-0.05, 0) is 43.9 Å². The van der Waals surface area contributed by atoms with Crippen molar-refractivity contribution in [2.75, 3.05) is 6.54 Å². The molecule has 0 saturated heterocycles. The minimum Gasteiger partial charge on any atom is -0.361 e. The number of sulfonamides is 1. The summed E-state index contributed by atoms with van der Waals surface area (Å²) in [6.07, 6.45) is 6.63. The molecule has 1 aliphatic carbocycles. The zero-order valence-electron chi connectivity index (χ0n) is 17.5. The van der Waals surface area contributed by atoms with Gasteiger partial charge in [0.2, 0.25) is 0 Å². The van der Waals surface area contributed by atoms with E-state index in [9.17, 15) is 18.0 Å². The second-order valence-corrected chi connectivity index (χ2v) is 9.42. The highest BCUT2D eigenvalue weighted by molar-refractivity contribution is 7.90. The smallest absolute Gasteiger partial charge is 0.328 e. The maximum absolute atomic E-state index is 12.5. The van der Waals surface area contributed by atoms with Gasteiger partial charge >= 0.3 is 6.03 Å². The second kappa shape index (κ2) is 10.4. The predicted molar refractivity (Wildman–Crippen MR) is 114 cm³/mol. The van der Waals surface area contributed by atoms with Crippen LogP contribution in [-0.4, -0.2) is 38.1 Å². The molecular formula is C21H28N4O5S. The molecular weight excluding hydrogens is 420 g/mol. The summed E-state index contributed by atoms with van der Waals surface area (Å²) in [7, 11) is -3.95. The van der Waals surface area contributed by atoms with E-state index >= 15 is 0 Å². The number of carbonyl (C=O) groups excluding carboxylic acids is 2. The van der Waals surface area contributed by atoms with Crippen molar-refractivity contribution in [2.45, 2.75) is 62.8 Å². The summed E-state index contributed by atoms with van der Waals surface area (Å²) in [5, 5.41) is 9.15. The molecule has 3 N–H and O–H groups in total. The van der Waals surface area contributed by atoms with Crippen molar-refractivity contribution in [3.8, 4) is 0 Å². The Morgan fingerprint density at radius 3 is 2.39 bits per heavy atom. The van der Waals surface area contributed by atoms with Crippen LogP contribution in [0, 0.1) is 6.92 Å². The van der Waals surface area contributed by atoms with Gasteiger partial charge in [-0.15, -0.1) is 0 Å². The Kier molecular flexibility index (Phi) is 7.67. The quantitative estimate of drug-likeness (QED) is 0.558. The first kappa shape index (κ1) is 22.8. The summed E-state index contributed by atoms with van der Waals surface area (Å²) in [6.45, 7) is 2.06. The van der Waals surface area contributed by atoms with Crippen molar-refractivity contribution in [3.63, 3.8) is 0 Å². The molecule has 0 radical (unpaired) electrons. The Morgan fingerprint density at radius 2 is 1.77 bits per heavy atom. The fourth-order valence-corrected chi connectivity index (χ4v) is 4.45. The van der Waals surface area contributed by atoms with Gasteiger partial charge in [0.1, 0.15) is 5.76 Å². The fourth-order valence-electron chi connectivity index (χ4n) is 3.54. The zero-order valence-corrected chi connectivity index (χ0v) is 18.3. The lowest BCUT2D eigenvalue weighted by Crippen LogP contribution is -2.44. The Hall–Kier alpha value is -2.88. The number of nitrogens with one attached hydrogen (secondary N) is 3. The number of urea groups is 1. The second-order valence-electron chi connectivity index (χ2n) is 7.74. The minimum absolute atomic E-state index is 0.00868. The van der Waals surface area contributed by atoms with Crippen LogP contribution >= 0.6 is 0 Å². The lowest BCUT2D eigenvalue weighted by atomic mass is 10.1. The third-order valence-corrected chi connectivity index (χ3v) is 6.56. The van der Waals surface area contributed by atoms with Crippen LogP contribution in [0.2, 0.25) is 0 Å². The van der Waals surface area contributed by atoms with Gasteiger partial charge in [0, 0.05) is 18.7 Å². The van der Waals surface area contributed by atoms with Crippen LogP contribution in [0.3, 0.4) is 0 Å². The molecule has 1 aromatic carbocycles. The summed E-state index contributed by atoms with van der Waals surface area (Å²) in [5.41, 5.74) is 1.06. The molecule has 3 amide bonds. The number of aromatic nitrogens is 1. The van der Waals surface area contributed by atoms with Gasteiger partial charge in [0.25, 0.3) is 15.9 Å². The lowest BCUT2D eigenvalue weighted by Gasteiger charge is -2.16. The van der Waals surface area contributed by atoms with Crippen molar-refractivity contribution in [1.82, 2.24) is 20.5 Å². The van der Waals surface area contributed by atoms with Gasteiger partial charge in [-0.1, -0.05) is 43.0 Å². The highest BCUT2D eigenvalue weighted by atomic mass is 32.2. The number of amides is 3. The molecule has 3 rings (SSSR count). The molecule has 2 aromatic rings. The third kappa shape index (κ3) is 6.81. The van der Waals surface area contributed by atoms with Crippen molar-refractivity contribution in [1.29, 1.82) is 0 Å². The van der Waals surface area contributed by atoms with E-state index in [1.165, 1.54) is 12.1 Å². The van der Waals surface area contributed by atoms with Crippen LogP contribution < -0.4 is 15.4 Å². The van der Waals surface area contributed by atoms with Gasteiger partial charge in [-0.2, -0.15) is 0 Å². The van der Waals surface area contributed by atoms with Crippen LogP contribution in [0.5, 0.6) is 0 Å². The number of benzene rings is 1. The first-order valence-corrected chi connectivity index (χ1v) is 12.0. The Balaban J connectivity index is 1.48. The number of nitrogens with zero attached hydrogens (tertiary/aromatic N) is 1. The number of aryl methyl sites for hydroxylation is 1. The molecule has 0 unspecified atom stereocenters. The molecule has 31 heavy (non-hydrogen) atoms. The van der Waals surface area contributed by atoms with Gasteiger partial charge in [0.05, 0.1) is 4.90 Å². The Bertz CT molecular complexity index is 993. The summed E-state index contributed by atoms with van der Waals surface area (Å²) in [5.74, 6) is 0.221. The van der Waals surface area contributed by atoms with Crippen LogP contribution in [-0.2, 0) is 16.4 Å². The standard InChI is InChI=1S/C21H28N4O5S/c1-15-14-19(24-30-15)20(26)22-13-12-16-8-10-18(11-9-16)31(28,29)25-21(27)23-17-6-4-2-3-5-7-17/h8-11,14,17H,2-7,12-13H2,1H3,(H,22,26)(H2,23,25,27). The van der Waals surface area contributed by atoms with Gasteiger partial charge < -0.3 is 15.2 Å². The van der Waals surface area contributed by atoms with Gasteiger partial charge in [-0.3, -0.25) is 4.79 Å². The molecule has 1 aliphatic rings. The summed E-state index contributed by atoms with van der Waals surface area (Å²) >= 11 is 0. The molecule has 9 nitrogen and oxygen atoms in total. The van der Waals surface area contributed by atoms with Crippen molar-refractivity contribution in [3.05, 3.63) is 47.3 Å². The minimum atomic E-state index is -3.95. The molecule has 10 heteroatoms. The van der Waals surface area contributed by atoms with E-state index in [1.54, 1.807) is 25.1 Å². The third-order valence-electron chi connectivity index (χ3n) is 5.21. The number of hydrogen-bond donors (Lipinski definition) is 3. The van der Waals surface area contributed by atoms with Crippen LogP contribution in [0.15, 0.2) is 39.8 Å². The van der Waals surface area contributed by atoms with E-state index in [-0.39, 0.29) is 22.5 Å². The summed E-state index contributed by atoms with van der Waals surface area (Å²) in [6, 6.07) is 7.07. The molecule has 0 aliphatic heterocycles. The van der Waals surface area contributed by atoms with Gasteiger partial charge in [-0.25, -0.2) is 17.9 Å². The highest BCUT2D eigenvalue weighted by Crippen LogP contribution is 2.17. The average molecular weight is 449 g/mol. The van der Waals surface area contributed by atoms with E-state index in [0.717, 1.165) is 44.1 Å². The van der Waals surface area contributed by atoms with Gasteiger partial charge in [0.15, 0.2) is 5.69 Å². The zero-order chi connectivity index (χ0) is 22.3. The number of carbonyl (C=O) groups is 2. The first-order chi connectivity index (χ1) is 14.8. The van der Waals surface area contributed by atoms with Crippen LogP contribution in [0.25, 0.3) is 0 Å². The Labute approximate surface area is 182 Å². The van der Waals surface area contributed by atoms with Crippen LogP contribution in [0.1, 0.15) is 60.3 Å². The first-order valence-electron chi connectivity index (χ1n) is 10.5. The molecule has 1 fully saturated rings. The molecule has 168 valence electrons. The average Bonchev–Trinajstić information content (AvgIpc) is 3.00. The molecule has 0 spiro atoms. The largest absolute Gasteiger partial charge is 0.361 e. The van der Waals surface area contributed by atoms with Crippen molar-refractivity contribution in [2.24, 2.45) is 0 Å². The SMILES string of the molecule is Cc1cc(C(=O)NCCc2ccc(S(=O)(=O)NC(=O)NC3CCCCCC3)cc2)no1.